The third-order valence-electron chi connectivity index (χ3n) is 6.15. The number of fused-ring (bicyclic) bond motifs is 1. The molecule has 6 nitrogen and oxygen atoms in total. The van der Waals surface area contributed by atoms with Crippen molar-refractivity contribution in [3.63, 3.8) is 0 Å². The third-order valence-corrected chi connectivity index (χ3v) is 6.15. The van der Waals surface area contributed by atoms with Crippen LogP contribution < -0.4 is 15.0 Å². The molecule has 182 valence electrons. The summed E-state index contributed by atoms with van der Waals surface area (Å²) >= 11 is 0. The first-order chi connectivity index (χ1) is 16.0. The van der Waals surface area contributed by atoms with Gasteiger partial charge in [0.2, 0.25) is 5.95 Å². The smallest absolute Gasteiger partial charge is 0.417 e. The molecule has 0 aliphatic carbocycles. The van der Waals surface area contributed by atoms with Gasteiger partial charge in [-0.05, 0) is 61.6 Å². The fourth-order valence-electron chi connectivity index (χ4n) is 4.28. The Kier molecular flexibility index (Phi) is 6.28. The van der Waals surface area contributed by atoms with Gasteiger partial charge < -0.3 is 19.5 Å². The van der Waals surface area contributed by atoms with E-state index in [9.17, 15) is 22.4 Å². The number of benzene rings is 2. The number of carbonyl (C=O) groups excluding carboxylic acids is 1. The second-order valence-corrected chi connectivity index (χ2v) is 8.68. The minimum absolute atomic E-state index is 0.185. The summed E-state index contributed by atoms with van der Waals surface area (Å²) < 4.78 is 59.9. The van der Waals surface area contributed by atoms with Gasteiger partial charge in [-0.25, -0.2) is 14.2 Å². The minimum Gasteiger partial charge on any atom is -0.417 e. The number of carbonyl (C=O) groups is 1. The standard InChI is InChI=1S/C24H26F4N4O2/c1-13-11-18-20(21(16(13)4)34-22(33)24(26,27)28)30-23(31-7-5-29-6-8-31)32(18)12-17-9-14(2)19(25)15(3)10-17/h9-11,29H,5-8,12H2,1-4H3. The van der Waals surface area contributed by atoms with Crippen molar-refractivity contribution in [2.24, 2.45) is 0 Å². The number of ether oxygens (including phenoxy) is 1. The Morgan fingerprint density at radius 2 is 1.68 bits per heavy atom. The monoisotopic (exact) mass is 478 g/mol. The first-order valence-electron chi connectivity index (χ1n) is 11.0. The molecule has 0 radical (unpaired) electrons. The number of piperazine rings is 1. The first-order valence-corrected chi connectivity index (χ1v) is 11.0. The van der Waals surface area contributed by atoms with Crippen molar-refractivity contribution in [2.75, 3.05) is 31.1 Å². The molecule has 0 unspecified atom stereocenters. The Morgan fingerprint density at radius 1 is 1.06 bits per heavy atom. The Hall–Kier alpha value is -3.14. The van der Waals surface area contributed by atoms with Crippen molar-refractivity contribution < 1.29 is 27.1 Å². The van der Waals surface area contributed by atoms with E-state index < -0.39 is 12.1 Å². The topological polar surface area (TPSA) is 59.4 Å². The number of imidazole rings is 1. The molecule has 34 heavy (non-hydrogen) atoms. The summed E-state index contributed by atoms with van der Waals surface area (Å²) in [5, 5.41) is 3.27. The summed E-state index contributed by atoms with van der Waals surface area (Å²) in [6.07, 6.45) is -5.13. The van der Waals surface area contributed by atoms with Gasteiger partial charge in [-0.1, -0.05) is 12.1 Å². The van der Waals surface area contributed by atoms with Crippen molar-refractivity contribution in [3.05, 3.63) is 51.8 Å². The molecule has 0 amide bonds. The second-order valence-electron chi connectivity index (χ2n) is 8.68. The van der Waals surface area contributed by atoms with E-state index in [2.05, 4.69) is 10.3 Å². The van der Waals surface area contributed by atoms with Crippen molar-refractivity contribution in [1.29, 1.82) is 0 Å². The van der Waals surface area contributed by atoms with Crippen LogP contribution in [0.3, 0.4) is 0 Å². The van der Waals surface area contributed by atoms with Crippen molar-refractivity contribution in [2.45, 2.75) is 40.4 Å². The largest absolute Gasteiger partial charge is 0.491 e. The van der Waals surface area contributed by atoms with E-state index in [0.717, 1.165) is 18.7 Å². The van der Waals surface area contributed by atoms with Crippen LogP contribution in [-0.2, 0) is 11.3 Å². The molecule has 3 aromatic rings. The SMILES string of the molecule is Cc1cc2c(nc(N3CCNCC3)n2Cc2cc(C)c(F)c(C)c2)c(OC(=O)C(F)(F)F)c1C. The van der Waals surface area contributed by atoms with Gasteiger partial charge in [-0.15, -0.1) is 0 Å². The predicted octanol–water partition coefficient (Wildman–Crippen LogP) is 4.33. The van der Waals surface area contributed by atoms with Gasteiger partial charge in [0.15, 0.2) is 5.75 Å². The number of esters is 1. The van der Waals surface area contributed by atoms with Crippen LogP contribution in [0.2, 0.25) is 0 Å². The van der Waals surface area contributed by atoms with Gasteiger partial charge in [0, 0.05) is 26.2 Å². The fraction of sp³-hybridized carbons (Fsp3) is 0.417. The van der Waals surface area contributed by atoms with Crippen molar-refractivity contribution >= 4 is 23.0 Å². The van der Waals surface area contributed by atoms with Crippen molar-refractivity contribution in [3.8, 4) is 5.75 Å². The summed E-state index contributed by atoms with van der Waals surface area (Å²) in [5.41, 5.74) is 3.65. The number of anilines is 1. The van der Waals surface area contributed by atoms with Crippen LogP contribution in [-0.4, -0.2) is 47.9 Å². The zero-order valence-electron chi connectivity index (χ0n) is 19.4. The molecule has 1 aliphatic rings. The quantitative estimate of drug-likeness (QED) is 0.344. The van der Waals surface area contributed by atoms with E-state index in [4.69, 9.17) is 4.74 Å². The highest BCUT2D eigenvalue weighted by Crippen LogP contribution is 2.36. The lowest BCUT2D eigenvalue weighted by molar-refractivity contribution is -0.189. The predicted molar refractivity (Wildman–Crippen MR) is 121 cm³/mol. The molecule has 1 aliphatic heterocycles. The lowest BCUT2D eigenvalue weighted by atomic mass is 10.1. The molecule has 1 fully saturated rings. The molecule has 1 aromatic heterocycles. The lowest BCUT2D eigenvalue weighted by Gasteiger charge is -2.29. The third kappa shape index (κ3) is 4.46. The van der Waals surface area contributed by atoms with Crippen LogP contribution in [0, 0.1) is 33.5 Å². The summed E-state index contributed by atoms with van der Waals surface area (Å²) in [6.45, 7) is 9.82. The number of nitrogens with one attached hydrogen (secondary N) is 1. The molecule has 1 N–H and O–H groups in total. The number of nitrogens with zero attached hydrogens (tertiary/aromatic N) is 3. The average molecular weight is 478 g/mol. The number of aryl methyl sites for hydroxylation is 3. The molecule has 4 rings (SSSR count). The maximum atomic E-state index is 14.2. The first kappa shape index (κ1) is 24.0. The highest BCUT2D eigenvalue weighted by molar-refractivity contribution is 5.91. The minimum atomic E-state index is -5.13. The summed E-state index contributed by atoms with van der Waals surface area (Å²) in [5.74, 6) is -2.19. The summed E-state index contributed by atoms with van der Waals surface area (Å²) in [6, 6.07) is 5.33. The fourth-order valence-corrected chi connectivity index (χ4v) is 4.28. The van der Waals surface area contributed by atoms with E-state index in [0.29, 0.717) is 53.4 Å². The van der Waals surface area contributed by atoms with E-state index in [1.54, 1.807) is 39.8 Å². The van der Waals surface area contributed by atoms with Gasteiger partial charge >= 0.3 is 12.1 Å². The van der Waals surface area contributed by atoms with Gasteiger partial charge in [0.25, 0.3) is 0 Å². The zero-order chi connectivity index (χ0) is 24.8. The Labute approximate surface area is 194 Å². The van der Waals surface area contributed by atoms with Gasteiger partial charge in [0.05, 0.1) is 12.1 Å². The number of halogens is 4. The Balaban J connectivity index is 1.91. The van der Waals surface area contributed by atoms with Crippen LogP contribution in [0.5, 0.6) is 5.75 Å². The molecule has 0 atom stereocenters. The number of hydrogen-bond acceptors (Lipinski definition) is 5. The van der Waals surface area contributed by atoms with Crippen LogP contribution in [0.4, 0.5) is 23.5 Å². The lowest BCUT2D eigenvalue weighted by Crippen LogP contribution is -2.44. The van der Waals surface area contributed by atoms with E-state index >= 15 is 0 Å². The van der Waals surface area contributed by atoms with E-state index in [-0.39, 0.29) is 17.1 Å². The Bertz CT molecular complexity index is 1240. The molecular formula is C24H26F4N4O2. The number of alkyl halides is 3. The second kappa shape index (κ2) is 8.90. The Morgan fingerprint density at radius 3 is 2.26 bits per heavy atom. The molecule has 0 saturated carbocycles. The average Bonchev–Trinajstić information content (AvgIpc) is 3.12. The van der Waals surface area contributed by atoms with Crippen molar-refractivity contribution in [1.82, 2.24) is 14.9 Å². The summed E-state index contributed by atoms with van der Waals surface area (Å²) in [4.78, 5) is 18.4. The zero-order valence-corrected chi connectivity index (χ0v) is 19.4. The summed E-state index contributed by atoms with van der Waals surface area (Å²) in [7, 11) is 0. The molecule has 0 spiro atoms. The van der Waals surface area contributed by atoms with Gasteiger partial charge in [-0.2, -0.15) is 13.2 Å². The highest BCUT2D eigenvalue weighted by Gasteiger charge is 2.42. The van der Waals surface area contributed by atoms with Crippen LogP contribution >= 0.6 is 0 Å². The van der Waals surface area contributed by atoms with Gasteiger partial charge in [-0.3, -0.25) is 0 Å². The molecule has 0 bridgehead atoms. The van der Waals surface area contributed by atoms with E-state index in [1.165, 1.54) is 0 Å². The molecule has 10 heteroatoms. The van der Waals surface area contributed by atoms with Crippen LogP contribution in [0.25, 0.3) is 11.0 Å². The number of aromatic nitrogens is 2. The van der Waals surface area contributed by atoms with Crippen LogP contribution in [0.1, 0.15) is 27.8 Å². The van der Waals surface area contributed by atoms with E-state index in [1.807, 2.05) is 15.5 Å². The molecule has 2 aromatic carbocycles. The number of hydrogen-bond donors (Lipinski definition) is 1. The molecule has 2 heterocycles. The highest BCUT2D eigenvalue weighted by atomic mass is 19.4. The molecule has 1 saturated heterocycles. The van der Waals surface area contributed by atoms with Gasteiger partial charge in [0.1, 0.15) is 11.3 Å². The molecular weight excluding hydrogens is 452 g/mol. The maximum Gasteiger partial charge on any atom is 0.491 e. The van der Waals surface area contributed by atoms with Crippen LogP contribution in [0.15, 0.2) is 18.2 Å². The maximum absolute atomic E-state index is 14.2. The normalized spacial score (nSPS) is 14.6. The number of rotatable bonds is 4.